The number of benzene rings is 1. The zero-order valence-corrected chi connectivity index (χ0v) is 13.4. The van der Waals surface area contributed by atoms with Crippen LogP contribution in [0.15, 0.2) is 60.0 Å². The molecule has 2 atom stereocenters. The van der Waals surface area contributed by atoms with Gasteiger partial charge in [-0.05, 0) is 30.0 Å². The Bertz CT molecular complexity index is 744. The fourth-order valence-electron chi connectivity index (χ4n) is 3.52. The zero-order chi connectivity index (χ0) is 16.4. The Balaban J connectivity index is 1.40. The third-order valence-corrected chi connectivity index (χ3v) is 4.86. The van der Waals surface area contributed by atoms with Crippen molar-refractivity contribution >= 4 is 11.6 Å². The SMILES string of the molecule is O=C1CC(c2ccccc2)CCN1C1CC(c2ccncc2)=NN1. The lowest BCUT2D eigenvalue weighted by Crippen LogP contribution is -2.49. The van der Waals surface area contributed by atoms with Gasteiger partial charge >= 0.3 is 0 Å². The third kappa shape index (κ3) is 2.89. The number of hydrogen-bond acceptors (Lipinski definition) is 4. The van der Waals surface area contributed by atoms with Crippen LogP contribution in [0.1, 0.15) is 36.3 Å². The molecule has 1 aromatic heterocycles. The van der Waals surface area contributed by atoms with Crippen LogP contribution in [0.25, 0.3) is 0 Å². The van der Waals surface area contributed by atoms with E-state index >= 15 is 0 Å². The Hall–Kier alpha value is -2.69. The fraction of sp³-hybridized carbons (Fsp3) is 0.316. The highest BCUT2D eigenvalue weighted by Crippen LogP contribution is 2.30. The van der Waals surface area contributed by atoms with Crippen molar-refractivity contribution in [1.29, 1.82) is 0 Å². The number of rotatable bonds is 3. The summed E-state index contributed by atoms with van der Waals surface area (Å²) in [6.45, 7) is 0.773. The van der Waals surface area contributed by atoms with E-state index in [0.717, 1.165) is 30.7 Å². The Labute approximate surface area is 141 Å². The quantitative estimate of drug-likeness (QED) is 0.945. The molecule has 0 bridgehead atoms. The van der Waals surface area contributed by atoms with E-state index in [4.69, 9.17) is 0 Å². The first-order chi connectivity index (χ1) is 11.8. The molecular formula is C19H20N4O. The number of likely N-dealkylation sites (tertiary alicyclic amines) is 1. The molecule has 2 unspecified atom stereocenters. The first-order valence-corrected chi connectivity index (χ1v) is 8.38. The summed E-state index contributed by atoms with van der Waals surface area (Å²) in [6, 6.07) is 14.2. The molecule has 0 radical (unpaired) electrons. The number of nitrogens with one attached hydrogen (secondary N) is 1. The molecule has 0 aliphatic carbocycles. The summed E-state index contributed by atoms with van der Waals surface area (Å²) in [7, 11) is 0. The van der Waals surface area contributed by atoms with Crippen LogP contribution >= 0.6 is 0 Å². The Morgan fingerprint density at radius 2 is 1.83 bits per heavy atom. The number of hydrogen-bond donors (Lipinski definition) is 1. The molecule has 1 N–H and O–H groups in total. The average molecular weight is 320 g/mol. The van der Waals surface area contributed by atoms with Crippen molar-refractivity contribution in [2.75, 3.05) is 6.54 Å². The molecule has 5 nitrogen and oxygen atoms in total. The van der Waals surface area contributed by atoms with Crippen LogP contribution in [0.4, 0.5) is 0 Å². The lowest BCUT2D eigenvalue weighted by atomic mass is 9.88. The van der Waals surface area contributed by atoms with Crippen molar-refractivity contribution in [1.82, 2.24) is 15.3 Å². The van der Waals surface area contributed by atoms with E-state index in [0.29, 0.717) is 12.3 Å². The molecule has 5 heteroatoms. The maximum absolute atomic E-state index is 12.6. The van der Waals surface area contributed by atoms with Gasteiger partial charge in [0.25, 0.3) is 0 Å². The lowest BCUT2D eigenvalue weighted by molar-refractivity contribution is -0.136. The van der Waals surface area contributed by atoms with E-state index in [1.807, 2.05) is 35.2 Å². The normalized spacial score (nSPS) is 23.8. The highest BCUT2D eigenvalue weighted by Gasteiger charge is 2.34. The van der Waals surface area contributed by atoms with Crippen molar-refractivity contribution in [2.45, 2.75) is 31.3 Å². The van der Waals surface area contributed by atoms with Gasteiger partial charge in [-0.1, -0.05) is 30.3 Å². The molecule has 1 fully saturated rings. The van der Waals surface area contributed by atoms with Crippen LogP contribution in [0.5, 0.6) is 0 Å². The Morgan fingerprint density at radius 3 is 2.58 bits per heavy atom. The van der Waals surface area contributed by atoms with Gasteiger partial charge in [0.2, 0.25) is 5.91 Å². The smallest absolute Gasteiger partial charge is 0.224 e. The topological polar surface area (TPSA) is 57.6 Å². The number of amides is 1. The summed E-state index contributed by atoms with van der Waals surface area (Å²) in [4.78, 5) is 18.6. The monoisotopic (exact) mass is 320 g/mol. The molecule has 0 spiro atoms. The lowest BCUT2D eigenvalue weighted by Gasteiger charge is -2.35. The number of aromatic nitrogens is 1. The van der Waals surface area contributed by atoms with E-state index in [1.165, 1.54) is 5.56 Å². The number of pyridine rings is 1. The highest BCUT2D eigenvalue weighted by molar-refractivity contribution is 6.01. The molecular weight excluding hydrogens is 300 g/mol. The van der Waals surface area contributed by atoms with Gasteiger partial charge in [0, 0.05) is 37.3 Å². The van der Waals surface area contributed by atoms with Gasteiger partial charge in [-0.3, -0.25) is 15.2 Å². The summed E-state index contributed by atoms with van der Waals surface area (Å²) in [5, 5.41) is 4.42. The van der Waals surface area contributed by atoms with Crippen LogP contribution < -0.4 is 5.43 Å². The van der Waals surface area contributed by atoms with Crippen LogP contribution in [0, 0.1) is 0 Å². The first-order valence-electron chi connectivity index (χ1n) is 8.38. The second kappa shape index (κ2) is 6.43. The van der Waals surface area contributed by atoms with Gasteiger partial charge in [0.15, 0.2) is 0 Å². The standard InChI is InChI=1S/C19H20N4O/c24-19-12-16(14-4-2-1-3-5-14)8-11-23(19)18-13-17(21-22-18)15-6-9-20-10-7-15/h1-7,9-10,16,18,22H,8,11-13H2. The minimum atomic E-state index is -0.0302. The van der Waals surface area contributed by atoms with Crippen molar-refractivity contribution in [3.05, 3.63) is 66.0 Å². The minimum Gasteiger partial charge on any atom is -0.321 e. The summed E-state index contributed by atoms with van der Waals surface area (Å²) in [5.41, 5.74) is 6.44. The molecule has 2 aromatic rings. The molecule has 1 amide bonds. The summed E-state index contributed by atoms with van der Waals surface area (Å²) in [5.74, 6) is 0.538. The number of hydrazone groups is 1. The van der Waals surface area contributed by atoms with Crippen LogP contribution in [-0.2, 0) is 4.79 Å². The van der Waals surface area contributed by atoms with E-state index in [2.05, 4.69) is 27.6 Å². The number of carbonyl (C=O) groups excluding carboxylic acids is 1. The average Bonchev–Trinajstić information content (AvgIpc) is 3.13. The maximum atomic E-state index is 12.6. The molecule has 4 rings (SSSR count). The van der Waals surface area contributed by atoms with E-state index in [-0.39, 0.29) is 12.1 Å². The second-order valence-corrected chi connectivity index (χ2v) is 6.33. The summed E-state index contributed by atoms with van der Waals surface area (Å²) >= 11 is 0. The van der Waals surface area contributed by atoms with Gasteiger partial charge in [0.05, 0.1) is 5.71 Å². The van der Waals surface area contributed by atoms with Crippen molar-refractivity contribution in [3.8, 4) is 0 Å². The number of carbonyl (C=O) groups is 1. The first kappa shape index (κ1) is 14.9. The van der Waals surface area contributed by atoms with E-state index in [1.54, 1.807) is 12.4 Å². The maximum Gasteiger partial charge on any atom is 0.224 e. The Kier molecular flexibility index (Phi) is 3.99. The van der Waals surface area contributed by atoms with Crippen LogP contribution in [-0.4, -0.2) is 34.2 Å². The van der Waals surface area contributed by atoms with E-state index < -0.39 is 0 Å². The van der Waals surface area contributed by atoms with Crippen molar-refractivity contribution in [3.63, 3.8) is 0 Å². The molecule has 1 saturated heterocycles. The van der Waals surface area contributed by atoms with Crippen molar-refractivity contribution < 1.29 is 4.79 Å². The molecule has 1 aromatic carbocycles. The van der Waals surface area contributed by atoms with E-state index in [9.17, 15) is 4.79 Å². The third-order valence-electron chi connectivity index (χ3n) is 4.86. The minimum absolute atomic E-state index is 0.0302. The van der Waals surface area contributed by atoms with Gasteiger partial charge in [0.1, 0.15) is 6.17 Å². The predicted molar refractivity (Wildman–Crippen MR) is 92.4 cm³/mol. The van der Waals surface area contributed by atoms with Gasteiger partial charge in [-0.2, -0.15) is 5.10 Å². The number of piperidine rings is 1. The van der Waals surface area contributed by atoms with Crippen molar-refractivity contribution in [2.24, 2.45) is 5.10 Å². The second-order valence-electron chi connectivity index (χ2n) is 6.33. The zero-order valence-electron chi connectivity index (χ0n) is 13.4. The molecule has 2 aliphatic heterocycles. The molecule has 122 valence electrons. The summed E-state index contributed by atoms with van der Waals surface area (Å²) < 4.78 is 0. The summed E-state index contributed by atoms with van der Waals surface area (Å²) in [6.07, 6.45) is 5.82. The van der Waals surface area contributed by atoms with Gasteiger partial charge in [-0.25, -0.2) is 0 Å². The largest absolute Gasteiger partial charge is 0.321 e. The number of nitrogens with zero attached hydrogens (tertiary/aromatic N) is 3. The predicted octanol–water partition coefficient (Wildman–Crippen LogP) is 2.51. The van der Waals surface area contributed by atoms with Gasteiger partial charge in [-0.15, -0.1) is 0 Å². The fourth-order valence-corrected chi connectivity index (χ4v) is 3.52. The molecule has 2 aliphatic rings. The van der Waals surface area contributed by atoms with Gasteiger partial charge < -0.3 is 4.90 Å². The highest BCUT2D eigenvalue weighted by atomic mass is 16.2. The Morgan fingerprint density at radius 1 is 1.04 bits per heavy atom. The molecule has 24 heavy (non-hydrogen) atoms. The van der Waals surface area contributed by atoms with Crippen LogP contribution in [0.2, 0.25) is 0 Å². The molecule has 0 saturated carbocycles. The molecule has 3 heterocycles. The van der Waals surface area contributed by atoms with Crippen LogP contribution in [0.3, 0.4) is 0 Å².